The number of aromatic nitrogens is 1. The first-order chi connectivity index (χ1) is 11.1. The van der Waals surface area contributed by atoms with Gasteiger partial charge in [-0.15, -0.1) is 0 Å². The second-order valence-electron chi connectivity index (χ2n) is 5.72. The molecule has 1 aliphatic heterocycles. The van der Waals surface area contributed by atoms with Crippen LogP contribution in [0.5, 0.6) is 0 Å². The third-order valence-corrected chi connectivity index (χ3v) is 5.61. The van der Waals surface area contributed by atoms with E-state index in [1.54, 1.807) is 0 Å². The monoisotopic (exact) mass is 350 g/mol. The Labute approximate surface area is 145 Å². The van der Waals surface area contributed by atoms with Crippen molar-refractivity contribution in [2.75, 3.05) is 18.6 Å². The summed E-state index contributed by atoms with van der Waals surface area (Å²) in [6.07, 6.45) is 3.39. The Morgan fingerprint density at radius 1 is 1.35 bits per heavy atom. The van der Waals surface area contributed by atoms with E-state index in [1.807, 2.05) is 0 Å². The third-order valence-electron chi connectivity index (χ3n) is 4.16. The summed E-state index contributed by atoms with van der Waals surface area (Å²) >= 11 is 7.43. The summed E-state index contributed by atoms with van der Waals surface area (Å²) in [5.74, 6) is -0.428. The molecule has 1 aromatic carbocycles. The van der Waals surface area contributed by atoms with Gasteiger partial charge >= 0.3 is 5.97 Å². The predicted molar refractivity (Wildman–Crippen MR) is 93.6 cm³/mol. The van der Waals surface area contributed by atoms with Crippen molar-refractivity contribution >= 4 is 34.0 Å². The number of halogens is 1. The molecule has 0 saturated carbocycles. The lowest BCUT2D eigenvalue weighted by Gasteiger charge is -2.36. The summed E-state index contributed by atoms with van der Waals surface area (Å²) in [6, 6.07) is 8.90. The molecule has 1 saturated heterocycles. The standard InChI is InChI=1S/C17H19ClN2O2S/c1-11-6-8-12(9-7-11)13-5-3-4-10-20(13)17-19-15(18)14(23-17)16(21)22-2/h6-9,13H,3-5,10H2,1-2H3. The zero-order valence-corrected chi connectivity index (χ0v) is 14.8. The van der Waals surface area contributed by atoms with E-state index in [9.17, 15) is 4.79 Å². The smallest absolute Gasteiger partial charge is 0.351 e. The van der Waals surface area contributed by atoms with Gasteiger partial charge in [-0.05, 0) is 31.7 Å². The number of hydrogen-bond donors (Lipinski definition) is 0. The van der Waals surface area contributed by atoms with Crippen LogP contribution in [-0.2, 0) is 4.74 Å². The van der Waals surface area contributed by atoms with Crippen LogP contribution < -0.4 is 4.90 Å². The third kappa shape index (κ3) is 3.35. The minimum Gasteiger partial charge on any atom is -0.465 e. The zero-order chi connectivity index (χ0) is 16.4. The van der Waals surface area contributed by atoms with Crippen LogP contribution in [0.1, 0.15) is 46.1 Å². The van der Waals surface area contributed by atoms with Gasteiger partial charge in [-0.25, -0.2) is 9.78 Å². The summed E-state index contributed by atoms with van der Waals surface area (Å²) < 4.78 is 4.77. The maximum atomic E-state index is 11.8. The largest absolute Gasteiger partial charge is 0.465 e. The summed E-state index contributed by atoms with van der Waals surface area (Å²) in [4.78, 5) is 18.8. The van der Waals surface area contributed by atoms with Crippen molar-refractivity contribution in [1.82, 2.24) is 4.98 Å². The molecular formula is C17H19ClN2O2S. The van der Waals surface area contributed by atoms with Gasteiger partial charge in [-0.2, -0.15) is 0 Å². The Balaban J connectivity index is 1.92. The number of methoxy groups -OCH3 is 1. The van der Waals surface area contributed by atoms with Crippen molar-refractivity contribution in [3.8, 4) is 0 Å². The number of anilines is 1. The molecular weight excluding hydrogens is 332 g/mol. The number of aryl methyl sites for hydroxylation is 1. The molecule has 2 heterocycles. The molecule has 1 atom stereocenters. The molecule has 0 N–H and O–H groups in total. The summed E-state index contributed by atoms with van der Waals surface area (Å²) in [5, 5.41) is 1.02. The number of thiazole rings is 1. The Morgan fingerprint density at radius 3 is 2.78 bits per heavy atom. The molecule has 122 valence electrons. The van der Waals surface area contributed by atoms with E-state index in [2.05, 4.69) is 41.1 Å². The number of esters is 1. The molecule has 1 unspecified atom stereocenters. The van der Waals surface area contributed by atoms with Crippen LogP contribution in [0, 0.1) is 6.92 Å². The number of rotatable bonds is 3. The van der Waals surface area contributed by atoms with E-state index in [0.717, 1.165) is 24.5 Å². The van der Waals surface area contributed by atoms with E-state index < -0.39 is 5.97 Å². The second kappa shape index (κ2) is 6.89. The quantitative estimate of drug-likeness (QED) is 0.757. The average Bonchev–Trinajstić information content (AvgIpc) is 2.96. The van der Waals surface area contributed by atoms with Crippen molar-refractivity contribution < 1.29 is 9.53 Å². The number of hydrogen-bond acceptors (Lipinski definition) is 5. The number of carbonyl (C=O) groups excluding carboxylic acids is 1. The van der Waals surface area contributed by atoms with E-state index in [-0.39, 0.29) is 11.2 Å². The Kier molecular flexibility index (Phi) is 4.87. The minimum absolute atomic E-state index is 0.227. The van der Waals surface area contributed by atoms with Crippen LogP contribution in [0.25, 0.3) is 0 Å². The van der Waals surface area contributed by atoms with Gasteiger partial charge in [0.2, 0.25) is 0 Å². The number of nitrogens with zero attached hydrogens (tertiary/aromatic N) is 2. The highest BCUT2D eigenvalue weighted by Gasteiger charge is 2.28. The first-order valence-corrected chi connectivity index (χ1v) is 8.87. The fourth-order valence-electron chi connectivity index (χ4n) is 2.93. The van der Waals surface area contributed by atoms with Crippen molar-refractivity contribution in [1.29, 1.82) is 0 Å². The van der Waals surface area contributed by atoms with Gasteiger partial charge < -0.3 is 9.64 Å². The van der Waals surface area contributed by atoms with Crippen LogP contribution >= 0.6 is 22.9 Å². The van der Waals surface area contributed by atoms with Crippen molar-refractivity contribution in [3.05, 3.63) is 45.4 Å². The van der Waals surface area contributed by atoms with Gasteiger partial charge in [0, 0.05) is 6.54 Å². The van der Waals surface area contributed by atoms with E-state index in [1.165, 1.54) is 36.0 Å². The van der Waals surface area contributed by atoms with Crippen molar-refractivity contribution in [2.24, 2.45) is 0 Å². The highest BCUT2D eigenvalue weighted by Crippen LogP contribution is 2.39. The fourth-order valence-corrected chi connectivity index (χ4v) is 4.20. The molecule has 0 aliphatic carbocycles. The first-order valence-electron chi connectivity index (χ1n) is 7.68. The summed E-state index contributed by atoms with van der Waals surface area (Å²) in [6.45, 7) is 3.01. The highest BCUT2D eigenvalue weighted by molar-refractivity contribution is 7.18. The summed E-state index contributed by atoms with van der Waals surface area (Å²) in [7, 11) is 1.36. The van der Waals surface area contributed by atoms with Gasteiger partial charge in [0.1, 0.15) is 0 Å². The van der Waals surface area contributed by atoms with Gasteiger partial charge in [0.05, 0.1) is 13.2 Å². The molecule has 4 nitrogen and oxygen atoms in total. The summed E-state index contributed by atoms with van der Waals surface area (Å²) in [5.41, 5.74) is 2.53. The first kappa shape index (κ1) is 16.3. The van der Waals surface area contributed by atoms with Crippen LogP contribution in [0.2, 0.25) is 5.15 Å². The molecule has 3 rings (SSSR count). The maximum absolute atomic E-state index is 11.8. The molecule has 0 bridgehead atoms. The Morgan fingerprint density at radius 2 is 2.09 bits per heavy atom. The normalized spacial score (nSPS) is 18.0. The molecule has 23 heavy (non-hydrogen) atoms. The second-order valence-corrected chi connectivity index (χ2v) is 7.06. The van der Waals surface area contributed by atoms with Gasteiger partial charge in [0.25, 0.3) is 0 Å². The van der Waals surface area contributed by atoms with E-state index in [0.29, 0.717) is 4.88 Å². The molecule has 1 fully saturated rings. The van der Waals surface area contributed by atoms with Crippen LogP contribution in [0.4, 0.5) is 5.13 Å². The molecule has 0 amide bonds. The fraction of sp³-hybridized carbons (Fsp3) is 0.412. The predicted octanol–water partition coefficient (Wildman–Crippen LogP) is 4.62. The lowest BCUT2D eigenvalue weighted by molar-refractivity contribution is 0.0606. The highest BCUT2D eigenvalue weighted by atomic mass is 35.5. The van der Waals surface area contributed by atoms with Crippen molar-refractivity contribution in [2.45, 2.75) is 32.2 Å². The number of piperidine rings is 1. The lowest BCUT2D eigenvalue weighted by Crippen LogP contribution is -2.33. The van der Waals surface area contributed by atoms with Crippen LogP contribution in [-0.4, -0.2) is 24.6 Å². The van der Waals surface area contributed by atoms with Gasteiger partial charge in [-0.3, -0.25) is 0 Å². The average molecular weight is 351 g/mol. The van der Waals surface area contributed by atoms with E-state index in [4.69, 9.17) is 16.3 Å². The van der Waals surface area contributed by atoms with E-state index >= 15 is 0 Å². The minimum atomic E-state index is -0.428. The molecule has 1 aromatic heterocycles. The Bertz CT molecular complexity index is 699. The number of carbonyl (C=O) groups is 1. The molecule has 0 spiro atoms. The van der Waals surface area contributed by atoms with Crippen molar-refractivity contribution in [3.63, 3.8) is 0 Å². The van der Waals surface area contributed by atoms with Gasteiger partial charge in [0.15, 0.2) is 15.2 Å². The van der Waals surface area contributed by atoms with Crippen LogP contribution in [0.15, 0.2) is 24.3 Å². The molecule has 0 radical (unpaired) electrons. The van der Waals surface area contributed by atoms with Gasteiger partial charge in [-0.1, -0.05) is 52.8 Å². The molecule has 1 aliphatic rings. The zero-order valence-electron chi connectivity index (χ0n) is 13.2. The number of benzene rings is 1. The Hall–Kier alpha value is -1.59. The molecule has 2 aromatic rings. The topological polar surface area (TPSA) is 42.4 Å². The SMILES string of the molecule is COC(=O)c1sc(N2CCCCC2c2ccc(C)cc2)nc1Cl. The van der Waals surface area contributed by atoms with Crippen LogP contribution in [0.3, 0.4) is 0 Å². The number of ether oxygens (including phenoxy) is 1. The lowest BCUT2D eigenvalue weighted by atomic mass is 9.95. The molecule has 6 heteroatoms. The maximum Gasteiger partial charge on any atom is 0.351 e.